The predicted molar refractivity (Wildman–Crippen MR) is 73.3 cm³/mol. The smallest absolute Gasteiger partial charge is 0.252 e. The van der Waals surface area contributed by atoms with Crippen molar-refractivity contribution in [2.45, 2.75) is 44.5 Å². The zero-order chi connectivity index (χ0) is 14.8. The number of thiophene rings is 1. The van der Waals surface area contributed by atoms with Crippen LogP contribution in [0.5, 0.6) is 0 Å². The van der Waals surface area contributed by atoms with Gasteiger partial charge in [0.1, 0.15) is 4.88 Å². The van der Waals surface area contributed by atoms with Gasteiger partial charge in [-0.25, -0.2) is 4.21 Å². The van der Waals surface area contributed by atoms with Gasteiger partial charge in [-0.2, -0.15) is 13.2 Å². The molecule has 0 aromatic carbocycles. The molecule has 3 atom stereocenters. The van der Waals surface area contributed by atoms with E-state index in [-0.39, 0.29) is 17.1 Å². The molecule has 7 heteroatoms. The van der Waals surface area contributed by atoms with Gasteiger partial charge in [0.2, 0.25) is 0 Å². The number of nitrogens with two attached hydrogens (primary N) is 1. The fourth-order valence-electron chi connectivity index (χ4n) is 1.87. The Bertz CT molecular complexity index is 442. The highest BCUT2D eigenvalue weighted by Gasteiger charge is 2.33. The molecule has 0 bridgehead atoms. The van der Waals surface area contributed by atoms with Crippen LogP contribution in [0.2, 0.25) is 0 Å². The zero-order valence-corrected chi connectivity index (χ0v) is 12.7. The van der Waals surface area contributed by atoms with Crippen molar-refractivity contribution in [3.63, 3.8) is 0 Å². The molecular formula is C12H18F3NOS2. The number of alkyl halides is 3. The van der Waals surface area contributed by atoms with E-state index in [4.69, 9.17) is 5.14 Å². The molecule has 1 rings (SSSR count). The molecule has 110 valence electrons. The summed E-state index contributed by atoms with van der Waals surface area (Å²) in [6.45, 7) is 5.65. The molecular weight excluding hydrogens is 295 g/mol. The maximum atomic E-state index is 12.6. The van der Waals surface area contributed by atoms with E-state index in [2.05, 4.69) is 0 Å². The molecule has 2 unspecified atom stereocenters. The average molecular weight is 313 g/mol. The highest BCUT2D eigenvalue weighted by molar-refractivity contribution is 7.83. The molecule has 1 heterocycles. The Kier molecular flexibility index (Phi) is 5.58. The molecule has 0 amide bonds. The summed E-state index contributed by atoms with van der Waals surface area (Å²) in [6, 6.07) is 2.63. The standard InChI is InChI=1S/C12H18F3NOS2/c1-7(2)9(6-8(3)19(16)17)10-4-5-11(18-10)12(13,14)15/h4-5,7-9H,6,16H2,1-3H3/t8?,9-,19?/m1/s1. The van der Waals surface area contributed by atoms with Crippen molar-refractivity contribution in [3.8, 4) is 0 Å². The normalized spacial score (nSPS) is 17.5. The van der Waals surface area contributed by atoms with E-state index in [0.29, 0.717) is 11.3 Å². The van der Waals surface area contributed by atoms with Crippen LogP contribution in [0.4, 0.5) is 13.2 Å². The third kappa shape index (κ3) is 4.57. The van der Waals surface area contributed by atoms with Gasteiger partial charge in [0.25, 0.3) is 0 Å². The minimum Gasteiger partial charge on any atom is -0.252 e. The molecule has 1 aromatic heterocycles. The predicted octanol–water partition coefficient (Wildman–Crippen LogP) is 3.91. The number of hydrogen-bond donors (Lipinski definition) is 1. The van der Waals surface area contributed by atoms with Gasteiger partial charge in [0.15, 0.2) is 0 Å². The van der Waals surface area contributed by atoms with Crippen LogP contribution in [-0.2, 0) is 17.2 Å². The first-order valence-electron chi connectivity index (χ1n) is 5.94. The van der Waals surface area contributed by atoms with Crippen LogP contribution < -0.4 is 5.14 Å². The van der Waals surface area contributed by atoms with Gasteiger partial charge in [-0.15, -0.1) is 11.3 Å². The maximum absolute atomic E-state index is 12.6. The van der Waals surface area contributed by atoms with Crippen LogP contribution >= 0.6 is 11.3 Å². The summed E-state index contributed by atoms with van der Waals surface area (Å²) in [5.41, 5.74) is 0. The van der Waals surface area contributed by atoms with Crippen LogP contribution in [0, 0.1) is 5.92 Å². The number of rotatable bonds is 5. The lowest BCUT2D eigenvalue weighted by atomic mass is 9.90. The Morgan fingerprint density at radius 3 is 2.26 bits per heavy atom. The molecule has 2 N–H and O–H groups in total. The molecule has 1 aromatic rings. The first kappa shape index (κ1) is 16.7. The highest BCUT2D eigenvalue weighted by Crippen LogP contribution is 2.40. The van der Waals surface area contributed by atoms with Crippen LogP contribution in [0.1, 0.15) is 42.9 Å². The minimum atomic E-state index is -4.30. The molecule has 0 aliphatic rings. The number of halogens is 3. The van der Waals surface area contributed by atoms with Crippen LogP contribution in [0.15, 0.2) is 12.1 Å². The van der Waals surface area contributed by atoms with Crippen molar-refractivity contribution >= 4 is 22.3 Å². The lowest BCUT2D eigenvalue weighted by Crippen LogP contribution is -2.22. The molecule has 0 aliphatic carbocycles. The van der Waals surface area contributed by atoms with Crippen molar-refractivity contribution < 1.29 is 17.4 Å². The minimum absolute atomic E-state index is 0.0522. The van der Waals surface area contributed by atoms with E-state index in [1.165, 1.54) is 6.07 Å². The van der Waals surface area contributed by atoms with E-state index in [9.17, 15) is 17.4 Å². The van der Waals surface area contributed by atoms with Crippen molar-refractivity contribution in [1.29, 1.82) is 0 Å². The fourth-order valence-corrected chi connectivity index (χ4v) is 3.43. The summed E-state index contributed by atoms with van der Waals surface area (Å²) >= 11 is 0.765. The summed E-state index contributed by atoms with van der Waals surface area (Å²) in [4.78, 5) is 0.0919. The van der Waals surface area contributed by atoms with Gasteiger partial charge in [-0.05, 0) is 37.3 Å². The Balaban J connectivity index is 2.94. The summed E-state index contributed by atoms with van der Waals surface area (Å²) in [7, 11) is -1.45. The first-order valence-corrected chi connectivity index (χ1v) is 8.04. The summed E-state index contributed by atoms with van der Waals surface area (Å²) < 4.78 is 49.0. The van der Waals surface area contributed by atoms with Gasteiger partial charge in [0.05, 0.1) is 11.0 Å². The Morgan fingerprint density at radius 1 is 1.32 bits per heavy atom. The molecule has 2 nitrogen and oxygen atoms in total. The third-order valence-corrected chi connectivity index (χ3v) is 5.31. The lowest BCUT2D eigenvalue weighted by Gasteiger charge is -2.22. The monoisotopic (exact) mass is 313 g/mol. The molecule has 0 fully saturated rings. The molecule has 0 radical (unpaired) electrons. The van der Waals surface area contributed by atoms with Crippen LogP contribution in [-0.4, -0.2) is 9.46 Å². The Labute approximate surface area is 117 Å². The first-order chi connectivity index (χ1) is 8.62. The molecule has 0 spiro atoms. The van der Waals surface area contributed by atoms with Crippen LogP contribution in [0.3, 0.4) is 0 Å². The SMILES string of the molecule is CC(C)[C@@H](CC(C)S(N)=O)c1ccc(C(F)(F)F)s1. The third-order valence-electron chi connectivity index (χ3n) is 3.06. The largest absolute Gasteiger partial charge is 0.425 e. The second-order valence-electron chi connectivity index (χ2n) is 4.93. The number of hydrogen-bond acceptors (Lipinski definition) is 2. The van der Waals surface area contributed by atoms with Crippen molar-refractivity contribution in [1.82, 2.24) is 0 Å². The van der Waals surface area contributed by atoms with Crippen LogP contribution in [0.25, 0.3) is 0 Å². The lowest BCUT2D eigenvalue weighted by molar-refractivity contribution is -0.134. The van der Waals surface area contributed by atoms with Gasteiger partial charge >= 0.3 is 6.18 Å². The molecule has 0 saturated heterocycles. The van der Waals surface area contributed by atoms with E-state index in [1.807, 2.05) is 13.8 Å². The highest BCUT2D eigenvalue weighted by atomic mass is 32.2. The van der Waals surface area contributed by atoms with E-state index >= 15 is 0 Å². The van der Waals surface area contributed by atoms with Gasteiger partial charge < -0.3 is 0 Å². The summed E-state index contributed by atoms with van der Waals surface area (Å²) in [5.74, 6) is 0.120. The Hall–Kier alpha value is -0.400. The Morgan fingerprint density at radius 2 is 1.89 bits per heavy atom. The van der Waals surface area contributed by atoms with E-state index in [0.717, 1.165) is 17.4 Å². The second-order valence-corrected chi connectivity index (χ2v) is 7.50. The van der Waals surface area contributed by atoms with Crippen molar-refractivity contribution in [3.05, 3.63) is 21.9 Å². The summed E-state index contributed by atoms with van der Waals surface area (Å²) in [6.07, 6.45) is -3.77. The van der Waals surface area contributed by atoms with Gasteiger partial charge in [0, 0.05) is 10.1 Å². The van der Waals surface area contributed by atoms with E-state index in [1.54, 1.807) is 6.92 Å². The molecule has 19 heavy (non-hydrogen) atoms. The second kappa shape index (κ2) is 6.37. The molecule has 0 aliphatic heterocycles. The summed E-state index contributed by atoms with van der Waals surface area (Å²) in [5, 5.41) is 5.10. The van der Waals surface area contributed by atoms with Crippen molar-refractivity contribution in [2.24, 2.45) is 11.1 Å². The molecule has 0 saturated carbocycles. The quantitative estimate of drug-likeness (QED) is 0.880. The average Bonchev–Trinajstić information content (AvgIpc) is 2.73. The van der Waals surface area contributed by atoms with Gasteiger partial charge in [-0.3, -0.25) is 5.14 Å². The van der Waals surface area contributed by atoms with Gasteiger partial charge in [-0.1, -0.05) is 13.8 Å². The fraction of sp³-hybridized carbons (Fsp3) is 0.667. The van der Waals surface area contributed by atoms with Crippen molar-refractivity contribution in [2.75, 3.05) is 0 Å². The zero-order valence-electron chi connectivity index (χ0n) is 11.0. The van der Waals surface area contributed by atoms with E-state index < -0.39 is 22.0 Å². The maximum Gasteiger partial charge on any atom is 0.425 e. The topological polar surface area (TPSA) is 43.1 Å².